The van der Waals surface area contributed by atoms with Gasteiger partial charge in [-0.05, 0) is 32.1 Å². The van der Waals surface area contributed by atoms with Crippen LogP contribution >= 0.6 is 0 Å². The molecule has 1 saturated carbocycles. The first-order valence-electron chi connectivity index (χ1n) is 6.78. The molecule has 0 amide bonds. The molecule has 3 nitrogen and oxygen atoms in total. The second kappa shape index (κ2) is 3.69. The van der Waals surface area contributed by atoms with E-state index >= 15 is 0 Å². The fourth-order valence-electron chi connectivity index (χ4n) is 4.33. The number of ether oxygens (including phenoxy) is 1. The van der Waals surface area contributed by atoms with Crippen LogP contribution in [0.25, 0.3) is 0 Å². The van der Waals surface area contributed by atoms with Gasteiger partial charge in [0, 0.05) is 12.0 Å². The van der Waals surface area contributed by atoms with Crippen molar-refractivity contribution < 1.29 is 9.84 Å². The van der Waals surface area contributed by atoms with E-state index in [0.717, 1.165) is 38.5 Å². The third-order valence-corrected chi connectivity index (χ3v) is 5.29. The quantitative estimate of drug-likeness (QED) is 0.750. The van der Waals surface area contributed by atoms with E-state index in [1.165, 1.54) is 12.8 Å². The molecule has 2 saturated heterocycles. The first-order chi connectivity index (χ1) is 7.70. The summed E-state index contributed by atoms with van der Waals surface area (Å²) in [6, 6.07) is 0. The first-order valence-corrected chi connectivity index (χ1v) is 6.78. The van der Waals surface area contributed by atoms with Gasteiger partial charge in [-0.25, -0.2) is 0 Å². The molecule has 2 aliphatic heterocycles. The minimum absolute atomic E-state index is 0.129. The van der Waals surface area contributed by atoms with E-state index in [4.69, 9.17) is 10.5 Å². The molecule has 0 aromatic rings. The van der Waals surface area contributed by atoms with Crippen LogP contribution < -0.4 is 5.73 Å². The van der Waals surface area contributed by atoms with Crippen molar-refractivity contribution in [3.63, 3.8) is 0 Å². The minimum atomic E-state index is -0.542. The Balaban J connectivity index is 1.89. The van der Waals surface area contributed by atoms with Crippen molar-refractivity contribution in [1.29, 1.82) is 0 Å². The highest BCUT2D eigenvalue weighted by molar-refractivity contribution is 5.12. The molecule has 3 heteroatoms. The number of nitrogens with two attached hydrogens (primary N) is 1. The van der Waals surface area contributed by atoms with Crippen LogP contribution in [0.4, 0.5) is 0 Å². The highest BCUT2D eigenvalue weighted by atomic mass is 16.5. The maximum Gasteiger partial charge on any atom is 0.0741 e. The highest BCUT2D eigenvalue weighted by Crippen LogP contribution is 2.56. The highest BCUT2D eigenvalue weighted by Gasteiger charge is 2.61. The molecule has 2 heterocycles. The zero-order chi connectivity index (χ0) is 11.2. The Kier molecular flexibility index (Phi) is 2.54. The SMILES string of the molecule is NCC1(C2(O)CCCCC2)CC2CCC1O2. The van der Waals surface area contributed by atoms with Gasteiger partial charge in [-0.15, -0.1) is 0 Å². The van der Waals surface area contributed by atoms with Crippen LogP contribution in [0.2, 0.25) is 0 Å². The Bertz CT molecular complexity index is 275. The summed E-state index contributed by atoms with van der Waals surface area (Å²) in [7, 11) is 0. The molecule has 3 fully saturated rings. The van der Waals surface area contributed by atoms with Gasteiger partial charge in [0.1, 0.15) is 0 Å². The first kappa shape index (κ1) is 11.0. The molecule has 0 aromatic heterocycles. The molecule has 92 valence electrons. The minimum Gasteiger partial charge on any atom is -0.389 e. The maximum atomic E-state index is 11.0. The van der Waals surface area contributed by atoms with E-state index in [1.807, 2.05) is 0 Å². The average Bonchev–Trinajstić information content (AvgIpc) is 2.90. The van der Waals surface area contributed by atoms with Crippen molar-refractivity contribution in [3.8, 4) is 0 Å². The van der Waals surface area contributed by atoms with Gasteiger partial charge in [-0.2, -0.15) is 0 Å². The van der Waals surface area contributed by atoms with E-state index in [0.29, 0.717) is 12.6 Å². The topological polar surface area (TPSA) is 55.5 Å². The van der Waals surface area contributed by atoms with E-state index in [2.05, 4.69) is 0 Å². The standard InChI is InChI=1S/C13H23NO2/c14-9-12(8-10-4-5-11(12)16-10)13(15)6-2-1-3-7-13/h10-11,15H,1-9,14H2. The van der Waals surface area contributed by atoms with Crippen molar-refractivity contribution in [2.45, 2.75) is 69.2 Å². The van der Waals surface area contributed by atoms with Crippen LogP contribution in [0.1, 0.15) is 51.4 Å². The number of rotatable bonds is 2. The molecule has 3 aliphatic rings. The summed E-state index contributed by atoms with van der Waals surface area (Å²) in [6.45, 7) is 0.588. The van der Waals surface area contributed by atoms with Crippen LogP contribution in [0, 0.1) is 5.41 Å². The fraction of sp³-hybridized carbons (Fsp3) is 1.00. The van der Waals surface area contributed by atoms with Crippen molar-refractivity contribution in [1.82, 2.24) is 0 Å². The van der Waals surface area contributed by atoms with Crippen LogP contribution in [0.3, 0.4) is 0 Å². The third-order valence-electron chi connectivity index (χ3n) is 5.29. The number of aliphatic hydroxyl groups is 1. The van der Waals surface area contributed by atoms with Crippen molar-refractivity contribution in [2.75, 3.05) is 6.54 Å². The maximum absolute atomic E-state index is 11.0. The Hall–Kier alpha value is -0.120. The Morgan fingerprint density at radius 2 is 1.94 bits per heavy atom. The normalized spacial score (nSPS) is 46.1. The molecule has 3 rings (SSSR count). The largest absolute Gasteiger partial charge is 0.389 e. The Morgan fingerprint density at radius 3 is 2.44 bits per heavy atom. The van der Waals surface area contributed by atoms with Crippen molar-refractivity contribution in [3.05, 3.63) is 0 Å². The molecule has 2 bridgehead atoms. The van der Waals surface area contributed by atoms with E-state index < -0.39 is 5.60 Å². The van der Waals surface area contributed by atoms with E-state index in [-0.39, 0.29) is 11.5 Å². The van der Waals surface area contributed by atoms with Gasteiger partial charge in [0.05, 0.1) is 17.8 Å². The Labute approximate surface area is 97.3 Å². The lowest BCUT2D eigenvalue weighted by atomic mass is 9.58. The molecule has 3 atom stereocenters. The predicted molar refractivity (Wildman–Crippen MR) is 62.0 cm³/mol. The molecular formula is C13H23NO2. The second-order valence-corrected chi connectivity index (χ2v) is 5.98. The van der Waals surface area contributed by atoms with E-state index in [9.17, 15) is 5.11 Å². The second-order valence-electron chi connectivity index (χ2n) is 5.98. The molecule has 0 aromatic carbocycles. The smallest absolute Gasteiger partial charge is 0.0741 e. The predicted octanol–water partition coefficient (Wildman–Crippen LogP) is 1.58. The molecule has 3 N–H and O–H groups in total. The Morgan fingerprint density at radius 1 is 1.19 bits per heavy atom. The number of hydrogen-bond acceptors (Lipinski definition) is 3. The zero-order valence-corrected chi connectivity index (χ0v) is 9.95. The third kappa shape index (κ3) is 1.31. The van der Waals surface area contributed by atoms with Gasteiger partial charge in [0.2, 0.25) is 0 Å². The van der Waals surface area contributed by atoms with Gasteiger partial charge < -0.3 is 15.6 Å². The molecule has 0 spiro atoms. The van der Waals surface area contributed by atoms with Gasteiger partial charge in [0.25, 0.3) is 0 Å². The van der Waals surface area contributed by atoms with Gasteiger partial charge >= 0.3 is 0 Å². The van der Waals surface area contributed by atoms with Gasteiger partial charge in [-0.1, -0.05) is 19.3 Å². The molecule has 3 unspecified atom stereocenters. The van der Waals surface area contributed by atoms with Gasteiger partial charge in [-0.3, -0.25) is 0 Å². The summed E-state index contributed by atoms with van der Waals surface area (Å²) < 4.78 is 5.96. The van der Waals surface area contributed by atoms with Crippen LogP contribution in [-0.2, 0) is 4.74 Å². The molecule has 1 aliphatic carbocycles. The lowest BCUT2D eigenvalue weighted by Gasteiger charge is -2.50. The summed E-state index contributed by atoms with van der Waals surface area (Å²) >= 11 is 0. The molecule has 0 radical (unpaired) electrons. The van der Waals surface area contributed by atoms with E-state index in [1.54, 1.807) is 0 Å². The summed E-state index contributed by atoms with van der Waals surface area (Å²) in [5.74, 6) is 0. The van der Waals surface area contributed by atoms with Crippen LogP contribution in [0.5, 0.6) is 0 Å². The lowest BCUT2D eigenvalue weighted by Crippen LogP contribution is -2.58. The summed E-state index contributed by atoms with van der Waals surface area (Å²) in [6.07, 6.45) is 9.28. The van der Waals surface area contributed by atoms with Gasteiger partial charge in [0.15, 0.2) is 0 Å². The van der Waals surface area contributed by atoms with Crippen molar-refractivity contribution >= 4 is 0 Å². The summed E-state index contributed by atoms with van der Waals surface area (Å²) in [5, 5.41) is 11.0. The van der Waals surface area contributed by atoms with Crippen molar-refractivity contribution in [2.24, 2.45) is 11.1 Å². The molecule has 16 heavy (non-hydrogen) atoms. The summed E-state index contributed by atoms with van der Waals surface area (Å²) in [4.78, 5) is 0. The fourth-order valence-corrected chi connectivity index (χ4v) is 4.33. The monoisotopic (exact) mass is 225 g/mol. The van der Waals surface area contributed by atoms with Crippen LogP contribution in [-0.4, -0.2) is 29.5 Å². The van der Waals surface area contributed by atoms with Crippen LogP contribution in [0.15, 0.2) is 0 Å². The number of fused-ring (bicyclic) bond motifs is 2. The zero-order valence-electron chi connectivity index (χ0n) is 9.95. The summed E-state index contributed by atoms with van der Waals surface area (Å²) in [5.41, 5.74) is 5.36. The lowest BCUT2D eigenvalue weighted by molar-refractivity contribution is -0.131. The number of hydrogen-bond donors (Lipinski definition) is 2. The molecular weight excluding hydrogens is 202 g/mol. The average molecular weight is 225 g/mol.